The molecule has 1 atom stereocenters. The zero-order valence-electron chi connectivity index (χ0n) is 15.3. The molecule has 0 saturated heterocycles. The highest BCUT2D eigenvalue weighted by atomic mass is 32.1. The SMILES string of the molecule is C[C@@H](NC(=O)CCNC(=O)c1ccc(C(C)(C)C)cc1)c1cccs1. The molecule has 2 N–H and O–H groups in total. The molecule has 2 rings (SSSR count). The van der Waals surface area contributed by atoms with Gasteiger partial charge in [0.05, 0.1) is 6.04 Å². The Kier molecular flexibility index (Phi) is 6.37. The molecule has 0 aliphatic heterocycles. The molecule has 0 unspecified atom stereocenters. The molecule has 0 aliphatic rings. The number of nitrogens with one attached hydrogen (secondary N) is 2. The van der Waals surface area contributed by atoms with E-state index in [2.05, 4.69) is 31.4 Å². The van der Waals surface area contributed by atoms with Gasteiger partial charge in [-0.15, -0.1) is 11.3 Å². The molecule has 2 amide bonds. The van der Waals surface area contributed by atoms with Crippen molar-refractivity contribution in [1.82, 2.24) is 10.6 Å². The second-order valence-electron chi connectivity index (χ2n) is 7.14. The fraction of sp³-hybridized carbons (Fsp3) is 0.400. The van der Waals surface area contributed by atoms with Crippen LogP contribution in [0.5, 0.6) is 0 Å². The van der Waals surface area contributed by atoms with Gasteiger partial charge in [0.25, 0.3) is 5.91 Å². The molecule has 0 radical (unpaired) electrons. The van der Waals surface area contributed by atoms with Crippen LogP contribution < -0.4 is 10.6 Å². The van der Waals surface area contributed by atoms with Crippen molar-refractivity contribution in [1.29, 1.82) is 0 Å². The predicted octanol–water partition coefficient (Wildman–Crippen LogP) is 4.04. The second-order valence-corrected chi connectivity index (χ2v) is 8.12. The summed E-state index contributed by atoms with van der Waals surface area (Å²) >= 11 is 1.62. The van der Waals surface area contributed by atoms with Crippen molar-refractivity contribution in [3.63, 3.8) is 0 Å². The third-order valence-electron chi connectivity index (χ3n) is 4.00. The molecule has 2 aromatic rings. The van der Waals surface area contributed by atoms with Crippen LogP contribution in [0.4, 0.5) is 0 Å². The number of carbonyl (C=O) groups is 2. The summed E-state index contributed by atoms with van der Waals surface area (Å²) in [6.45, 7) is 8.69. The minimum absolute atomic E-state index is 0.00635. The molecule has 1 heterocycles. The largest absolute Gasteiger partial charge is 0.352 e. The summed E-state index contributed by atoms with van der Waals surface area (Å²) in [6, 6.07) is 11.6. The van der Waals surface area contributed by atoms with Crippen molar-refractivity contribution in [3.05, 3.63) is 57.8 Å². The van der Waals surface area contributed by atoms with E-state index in [1.807, 2.05) is 48.7 Å². The van der Waals surface area contributed by atoms with E-state index in [0.717, 1.165) is 4.88 Å². The summed E-state index contributed by atoms with van der Waals surface area (Å²) in [5, 5.41) is 7.73. The van der Waals surface area contributed by atoms with Gasteiger partial charge in [0.2, 0.25) is 5.91 Å². The smallest absolute Gasteiger partial charge is 0.251 e. The molecule has 0 fully saturated rings. The molecule has 0 aliphatic carbocycles. The van der Waals surface area contributed by atoms with Gasteiger partial charge in [-0.25, -0.2) is 0 Å². The Bertz CT molecular complexity index is 700. The van der Waals surface area contributed by atoms with Gasteiger partial charge in [-0.05, 0) is 41.5 Å². The third kappa shape index (κ3) is 5.71. The maximum atomic E-state index is 12.2. The summed E-state index contributed by atoms with van der Waals surface area (Å²) in [4.78, 5) is 25.2. The van der Waals surface area contributed by atoms with Gasteiger partial charge in [-0.3, -0.25) is 9.59 Å². The van der Waals surface area contributed by atoms with Gasteiger partial charge in [0.15, 0.2) is 0 Å². The standard InChI is InChI=1S/C20H26N2O2S/c1-14(17-6-5-13-25-17)22-18(23)11-12-21-19(24)15-7-9-16(10-8-15)20(2,3)4/h5-10,13-14H,11-12H2,1-4H3,(H,21,24)(H,22,23)/t14-/m1/s1. The average molecular weight is 359 g/mol. The van der Waals surface area contributed by atoms with Crippen LogP contribution in [0, 0.1) is 0 Å². The normalized spacial score (nSPS) is 12.5. The Morgan fingerprint density at radius 1 is 1.12 bits per heavy atom. The van der Waals surface area contributed by atoms with Crippen LogP contribution in [0.15, 0.2) is 41.8 Å². The molecule has 4 nitrogen and oxygen atoms in total. The molecule has 1 aromatic carbocycles. The molecule has 134 valence electrons. The topological polar surface area (TPSA) is 58.2 Å². The third-order valence-corrected chi connectivity index (χ3v) is 5.05. The lowest BCUT2D eigenvalue weighted by Crippen LogP contribution is -2.31. The van der Waals surface area contributed by atoms with Crippen molar-refractivity contribution in [2.45, 2.75) is 45.6 Å². The predicted molar refractivity (Wildman–Crippen MR) is 103 cm³/mol. The van der Waals surface area contributed by atoms with Gasteiger partial charge in [0, 0.05) is 23.4 Å². The van der Waals surface area contributed by atoms with Gasteiger partial charge < -0.3 is 10.6 Å². The zero-order chi connectivity index (χ0) is 18.4. The first-order valence-corrected chi connectivity index (χ1v) is 9.37. The molecule has 0 bridgehead atoms. The van der Waals surface area contributed by atoms with Crippen LogP contribution in [-0.4, -0.2) is 18.4 Å². The van der Waals surface area contributed by atoms with Crippen molar-refractivity contribution in [2.75, 3.05) is 6.54 Å². The molecule has 5 heteroatoms. The zero-order valence-corrected chi connectivity index (χ0v) is 16.1. The van der Waals surface area contributed by atoms with E-state index in [1.54, 1.807) is 11.3 Å². The first kappa shape index (κ1) is 19.2. The minimum atomic E-state index is -0.153. The van der Waals surface area contributed by atoms with Crippen LogP contribution in [-0.2, 0) is 10.2 Å². The van der Waals surface area contributed by atoms with Gasteiger partial charge in [-0.2, -0.15) is 0 Å². The van der Waals surface area contributed by atoms with E-state index in [9.17, 15) is 9.59 Å². The monoisotopic (exact) mass is 358 g/mol. The average Bonchev–Trinajstić information content (AvgIpc) is 3.08. The summed E-state index contributed by atoms with van der Waals surface area (Å²) in [5.74, 6) is -0.219. The van der Waals surface area contributed by atoms with Crippen molar-refractivity contribution < 1.29 is 9.59 Å². The van der Waals surface area contributed by atoms with Crippen LogP contribution in [0.2, 0.25) is 0 Å². The van der Waals surface area contributed by atoms with Crippen LogP contribution in [0.1, 0.15) is 61.0 Å². The van der Waals surface area contributed by atoms with E-state index < -0.39 is 0 Å². The molecule has 0 spiro atoms. The van der Waals surface area contributed by atoms with E-state index in [4.69, 9.17) is 0 Å². The quantitative estimate of drug-likeness (QED) is 0.819. The number of carbonyl (C=O) groups excluding carboxylic acids is 2. The second kappa shape index (κ2) is 8.30. The number of hydrogen-bond donors (Lipinski definition) is 2. The molecular formula is C20H26N2O2S. The maximum absolute atomic E-state index is 12.2. The lowest BCUT2D eigenvalue weighted by Gasteiger charge is -2.19. The Labute approximate surface area is 153 Å². The van der Waals surface area contributed by atoms with Gasteiger partial charge in [0.1, 0.15) is 0 Å². The molecule has 0 saturated carbocycles. The lowest BCUT2D eigenvalue weighted by molar-refractivity contribution is -0.121. The van der Waals surface area contributed by atoms with Crippen molar-refractivity contribution in [2.24, 2.45) is 0 Å². The number of hydrogen-bond acceptors (Lipinski definition) is 3. The summed E-state index contributed by atoms with van der Waals surface area (Å²) < 4.78 is 0. The number of amides is 2. The Morgan fingerprint density at radius 2 is 1.80 bits per heavy atom. The summed E-state index contributed by atoms with van der Waals surface area (Å²) in [7, 11) is 0. The first-order valence-electron chi connectivity index (χ1n) is 8.49. The number of benzene rings is 1. The van der Waals surface area contributed by atoms with Crippen molar-refractivity contribution in [3.8, 4) is 0 Å². The lowest BCUT2D eigenvalue weighted by atomic mass is 9.87. The summed E-state index contributed by atoms with van der Waals surface area (Å²) in [5.41, 5.74) is 1.86. The highest BCUT2D eigenvalue weighted by molar-refractivity contribution is 7.10. The highest BCUT2D eigenvalue weighted by Gasteiger charge is 2.14. The van der Waals surface area contributed by atoms with Gasteiger partial charge in [-0.1, -0.05) is 39.0 Å². The molecular weight excluding hydrogens is 332 g/mol. The van der Waals surface area contributed by atoms with Gasteiger partial charge >= 0.3 is 0 Å². The fourth-order valence-electron chi connectivity index (χ4n) is 2.44. The summed E-state index contributed by atoms with van der Waals surface area (Å²) in [6.07, 6.45) is 0.265. The van der Waals surface area contributed by atoms with Crippen molar-refractivity contribution >= 4 is 23.2 Å². The Balaban J connectivity index is 1.77. The van der Waals surface area contributed by atoms with E-state index >= 15 is 0 Å². The van der Waals surface area contributed by atoms with E-state index in [-0.39, 0.29) is 29.7 Å². The van der Waals surface area contributed by atoms with E-state index in [0.29, 0.717) is 12.1 Å². The molecule has 1 aromatic heterocycles. The maximum Gasteiger partial charge on any atom is 0.251 e. The molecule has 25 heavy (non-hydrogen) atoms. The number of rotatable bonds is 6. The van der Waals surface area contributed by atoms with Crippen LogP contribution in [0.25, 0.3) is 0 Å². The number of thiophene rings is 1. The fourth-order valence-corrected chi connectivity index (χ4v) is 3.17. The van der Waals surface area contributed by atoms with Crippen LogP contribution in [0.3, 0.4) is 0 Å². The van der Waals surface area contributed by atoms with Crippen LogP contribution >= 0.6 is 11.3 Å². The Hall–Kier alpha value is -2.14. The highest BCUT2D eigenvalue weighted by Crippen LogP contribution is 2.22. The van der Waals surface area contributed by atoms with E-state index in [1.165, 1.54) is 5.56 Å². The minimum Gasteiger partial charge on any atom is -0.352 e. The Morgan fingerprint density at radius 3 is 2.36 bits per heavy atom. The first-order chi connectivity index (χ1) is 11.8.